The van der Waals surface area contributed by atoms with Crippen molar-refractivity contribution in [1.82, 2.24) is 14.2 Å². The van der Waals surface area contributed by atoms with Crippen molar-refractivity contribution in [3.63, 3.8) is 0 Å². The van der Waals surface area contributed by atoms with Crippen LogP contribution in [0.25, 0.3) is 10.2 Å². The van der Waals surface area contributed by atoms with Crippen molar-refractivity contribution in [2.24, 2.45) is 0 Å². The molecule has 2 aromatic rings. The van der Waals surface area contributed by atoms with Crippen molar-refractivity contribution in [2.45, 2.75) is 62.4 Å². The number of hydrogen-bond donors (Lipinski definition) is 1. The Morgan fingerprint density at radius 2 is 1.82 bits per heavy atom. The quantitative estimate of drug-likeness (QED) is 0.799. The maximum Gasteiger partial charge on any atom is 0.308 e. The van der Waals surface area contributed by atoms with E-state index < -0.39 is 10.0 Å². The summed E-state index contributed by atoms with van der Waals surface area (Å²) in [5.74, 6) is -0.164. The van der Waals surface area contributed by atoms with Gasteiger partial charge in [0.15, 0.2) is 0 Å². The molecule has 0 radical (unpaired) electrons. The number of nitrogens with one attached hydrogen (secondary N) is 1. The average molecular weight is 424 g/mol. The minimum absolute atomic E-state index is 0.0342. The number of rotatable bonds is 5. The molecule has 0 atom stereocenters. The molecule has 1 aromatic carbocycles. The minimum Gasteiger partial charge on any atom is -0.352 e. The molecule has 1 N–H and O–H groups in total. The number of fused-ring (bicyclic) bond motifs is 1. The molecule has 7 nitrogen and oxygen atoms in total. The van der Waals surface area contributed by atoms with Gasteiger partial charge in [-0.3, -0.25) is 14.2 Å². The van der Waals surface area contributed by atoms with E-state index in [9.17, 15) is 18.0 Å². The standard InChI is InChI=1S/C19H25N3O4S2/c23-18(20-14-6-2-1-3-7-14)13-22-16-9-8-15(12-17(16)27-19(22)24)28(25,26)21-10-4-5-11-21/h8-9,12,14H,1-7,10-11,13H2,(H,20,23). The summed E-state index contributed by atoms with van der Waals surface area (Å²) in [5.41, 5.74) is 0.606. The third-order valence-electron chi connectivity index (χ3n) is 5.61. The topological polar surface area (TPSA) is 88.5 Å². The lowest BCUT2D eigenvalue weighted by atomic mass is 9.95. The van der Waals surface area contributed by atoms with Gasteiger partial charge in [0, 0.05) is 19.1 Å². The Morgan fingerprint density at radius 1 is 1.11 bits per heavy atom. The van der Waals surface area contributed by atoms with Gasteiger partial charge in [0.1, 0.15) is 6.54 Å². The predicted octanol–water partition coefficient (Wildman–Crippen LogP) is 2.30. The number of thiazole rings is 1. The van der Waals surface area contributed by atoms with Gasteiger partial charge in [0.2, 0.25) is 15.9 Å². The molecule has 1 aliphatic heterocycles. The van der Waals surface area contributed by atoms with Gasteiger partial charge in [-0.2, -0.15) is 4.31 Å². The van der Waals surface area contributed by atoms with Crippen molar-refractivity contribution in [1.29, 1.82) is 0 Å². The molecule has 2 fully saturated rings. The number of sulfonamides is 1. The molecule has 0 bridgehead atoms. The summed E-state index contributed by atoms with van der Waals surface area (Å²) in [6.45, 7) is 1.05. The zero-order valence-electron chi connectivity index (χ0n) is 15.7. The highest BCUT2D eigenvalue weighted by Gasteiger charge is 2.28. The van der Waals surface area contributed by atoms with Crippen LogP contribution < -0.4 is 10.2 Å². The predicted molar refractivity (Wildman–Crippen MR) is 109 cm³/mol. The van der Waals surface area contributed by atoms with E-state index in [4.69, 9.17) is 0 Å². The van der Waals surface area contributed by atoms with Gasteiger partial charge in [-0.15, -0.1) is 0 Å². The summed E-state index contributed by atoms with van der Waals surface area (Å²) in [7, 11) is -3.53. The van der Waals surface area contributed by atoms with Gasteiger partial charge in [-0.05, 0) is 43.9 Å². The van der Waals surface area contributed by atoms with Gasteiger partial charge in [-0.1, -0.05) is 30.6 Å². The van der Waals surface area contributed by atoms with Crippen LogP contribution in [0.3, 0.4) is 0 Å². The molecule has 1 saturated carbocycles. The Kier molecular flexibility index (Phi) is 5.57. The average Bonchev–Trinajstić information content (AvgIpc) is 3.31. The smallest absolute Gasteiger partial charge is 0.308 e. The Bertz CT molecular complexity index is 1030. The van der Waals surface area contributed by atoms with E-state index in [1.54, 1.807) is 12.1 Å². The van der Waals surface area contributed by atoms with E-state index in [-0.39, 0.29) is 28.3 Å². The fourth-order valence-corrected chi connectivity index (χ4v) is 6.65. The molecule has 4 rings (SSSR count). The van der Waals surface area contributed by atoms with Crippen molar-refractivity contribution < 1.29 is 13.2 Å². The highest BCUT2D eigenvalue weighted by atomic mass is 32.2. The van der Waals surface area contributed by atoms with Crippen LogP contribution in [-0.2, 0) is 21.4 Å². The highest BCUT2D eigenvalue weighted by molar-refractivity contribution is 7.89. The molecule has 1 saturated heterocycles. The number of benzene rings is 1. The molecular weight excluding hydrogens is 398 g/mol. The lowest BCUT2D eigenvalue weighted by molar-refractivity contribution is -0.122. The van der Waals surface area contributed by atoms with E-state index in [0.29, 0.717) is 23.3 Å². The van der Waals surface area contributed by atoms with Crippen LogP contribution in [0.2, 0.25) is 0 Å². The molecule has 0 spiro atoms. The number of hydrogen-bond acceptors (Lipinski definition) is 5. The Morgan fingerprint density at radius 3 is 2.54 bits per heavy atom. The number of amides is 1. The first-order chi connectivity index (χ1) is 13.4. The van der Waals surface area contributed by atoms with Gasteiger partial charge in [-0.25, -0.2) is 8.42 Å². The summed E-state index contributed by atoms with van der Waals surface area (Å²) in [6, 6.07) is 4.94. The highest BCUT2D eigenvalue weighted by Crippen LogP contribution is 2.26. The molecule has 28 heavy (non-hydrogen) atoms. The van der Waals surface area contributed by atoms with Crippen molar-refractivity contribution in [3.8, 4) is 0 Å². The first-order valence-electron chi connectivity index (χ1n) is 9.88. The molecule has 9 heteroatoms. The minimum atomic E-state index is -3.53. The third-order valence-corrected chi connectivity index (χ3v) is 8.45. The van der Waals surface area contributed by atoms with Crippen LogP contribution in [0.4, 0.5) is 0 Å². The second kappa shape index (κ2) is 7.96. The van der Waals surface area contributed by atoms with E-state index in [1.807, 2.05) is 0 Å². The van der Waals surface area contributed by atoms with Crippen LogP contribution in [-0.4, -0.2) is 42.3 Å². The molecule has 0 unspecified atom stereocenters. The number of carbonyl (C=O) groups excluding carboxylic acids is 1. The SMILES string of the molecule is O=C(Cn1c(=O)sc2cc(S(=O)(=O)N3CCCC3)ccc21)NC1CCCCC1. The van der Waals surface area contributed by atoms with Gasteiger partial charge in [0.25, 0.3) is 0 Å². The van der Waals surface area contributed by atoms with E-state index in [1.165, 1.54) is 21.4 Å². The first kappa shape index (κ1) is 19.6. The number of aromatic nitrogens is 1. The van der Waals surface area contributed by atoms with E-state index >= 15 is 0 Å². The van der Waals surface area contributed by atoms with Crippen LogP contribution in [0, 0.1) is 0 Å². The monoisotopic (exact) mass is 423 g/mol. The summed E-state index contributed by atoms with van der Waals surface area (Å²) in [5, 5.41) is 3.03. The van der Waals surface area contributed by atoms with Crippen LogP contribution in [0.15, 0.2) is 27.9 Å². The van der Waals surface area contributed by atoms with Crippen molar-refractivity contribution >= 4 is 37.5 Å². The van der Waals surface area contributed by atoms with Crippen LogP contribution >= 0.6 is 11.3 Å². The van der Waals surface area contributed by atoms with Gasteiger partial charge in [0.05, 0.1) is 15.1 Å². The summed E-state index contributed by atoms with van der Waals surface area (Å²) >= 11 is 0.984. The molecule has 1 amide bonds. The van der Waals surface area contributed by atoms with Crippen LogP contribution in [0.1, 0.15) is 44.9 Å². The van der Waals surface area contributed by atoms with E-state index in [0.717, 1.165) is 49.9 Å². The van der Waals surface area contributed by atoms with Crippen LogP contribution in [0.5, 0.6) is 0 Å². The summed E-state index contributed by atoms with van der Waals surface area (Å²) in [4.78, 5) is 24.8. The third kappa shape index (κ3) is 3.88. The molecule has 1 aliphatic carbocycles. The zero-order chi connectivity index (χ0) is 19.7. The lowest BCUT2D eigenvalue weighted by Gasteiger charge is -2.22. The second-order valence-electron chi connectivity index (χ2n) is 7.60. The van der Waals surface area contributed by atoms with Gasteiger partial charge < -0.3 is 5.32 Å². The summed E-state index contributed by atoms with van der Waals surface area (Å²) in [6.07, 6.45) is 7.19. The normalized spacial score (nSPS) is 19.3. The van der Waals surface area contributed by atoms with Crippen molar-refractivity contribution in [2.75, 3.05) is 13.1 Å². The maximum absolute atomic E-state index is 12.8. The fraction of sp³-hybridized carbons (Fsp3) is 0.579. The Hall–Kier alpha value is -1.71. The van der Waals surface area contributed by atoms with Crippen molar-refractivity contribution in [3.05, 3.63) is 27.9 Å². The summed E-state index contributed by atoms with van der Waals surface area (Å²) < 4.78 is 29.0. The maximum atomic E-state index is 12.8. The number of nitrogens with zero attached hydrogens (tertiary/aromatic N) is 2. The Labute approximate surface area is 168 Å². The first-order valence-corrected chi connectivity index (χ1v) is 12.1. The van der Waals surface area contributed by atoms with E-state index in [2.05, 4.69) is 5.32 Å². The lowest BCUT2D eigenvalue weighted by Crippen LogP contribution is -2.39. The number of carbonyl (C=O) groups is 1. The zero-order valence-corrected chi connectivity index (χ0v) is 17.4. The molecule has 2 heterocycles. The van der Waals surface area contributed by atoms with Gasteiger partial charge >= 0.3 is 4.87 Å². The molecule has 2 aliphatic rings. The fourth-order valence-electron chi connectivity index (χ4n) is 4.10. The Balaban J connectivity index is 1.56. The molecule has 152 valence electrons. The molecular formula is C19H25N3O4S2. The second-order valence-corrected chi connectivity index (χ2v) is 10.5. The largest absolute Gasteiger partial charge is 0.352 e. The molecule has 1 aromatic heterocycles.